The Bertz CT molecular complexity index is 1710. The van der Waals surface area contributed by atoms with Gasteiger partial charge >= 0.3 is 6.09 Å². The number of pyridine rings is 1. The highest BCUT2D eigenvalue weighted by atomic mass is 35.5. The van der Waals surface area contributed by atoms with Crippen LogP contribution in [0.5, 0.6) is 0 Å². The van der Waals surface area contributed by atoms with E-state index in [1.807, 2.05) is 4.90 Å². The Morgan fingerprint density at radius 1 is 1.18 bits per heavy atom. The summed E-state index contributed by atoms with van der Waals surface area (Å²) in [7, 11) is 1.58. The number of anilines is 1. The number of amidine groups is 1. The number of carbonyl (C=O) groups excluding carboxylic acids is 1. The summed E-state index contributed by atoms with van der Waals surface area (Å²) in [5.74, 6) is 1.58. The number of aromatic amines is 1. The number of aliphatic hydroxyl groups excluding tert-OH is 1. The van der Waals surface area contributed by atoms with Crippen LogP contribution in [0.1, 0.15) is 30.3 Å². The zero-order valence-corrected chi connectivity index (χ0v) is 25.4. The number of carbonyl (C=O) groups is 1. The molecule has 17 heteroatoms. The standard InChI is InChI=1S/C28H28Cl2N10O5/c1-43-8-9-44-10-11-45-28(42)34-22-6-2-16(14-31-22)25-26(30)36-27(35-25)21-5-7-23-33-19(13-24(41)40(21)23)18-12-17(29)3-4-20(18)39-15-32-37-38-39/h2-4,6,12-15,21,24,41H,5,7-11H2,1H3,(H,35,36)(H,31,34,42)/t21-,24?/m0/s1. The third-order valence-electron chi connectivity index (χ3n) is 7.10. The molecule has 0 aliphatic carbocycles. The smallest absolute Gasteiger partial charge is 0.412 e. The van der Waals surface area contributed by atoms with Crippen LogP contribution in [0.3, 0.4) is 0 Å². The normalized spacial score (nSPS) is 17.6. The van der Waals surface area contributed by atoms with Crippen LogP contribution in [0, 0.1) is 0 Å². The fraction of sp³-hybridized carbons (Fsp3) is 0.321. The molecule has 0 saturated carbocycles. The zero-order valence-electron chi connectivity index (χ0n) is 23.9. The number of fused-ring (bicyclic) bond motifs is 1. The van der Waals surface area contributed by atoms with Gasteiger partial charge in [-0.05, 0) is 53.3 Å². The molecule has 1 fully saturated rings. The van der Waals surface area contributed by atoms with Crippen molar-refractivity contribution in [2.75, 3.05) is 38.9 Å². The van der Waals surface area contributed by atoms with E-state index in [9.17, 15) is 9.90 Å². The van der Waals surface area contributed by atoms with E-state index in [1.54, 1.807) is 49.7 Å². The average Bonchev–Trinajstić information content (AvgIpc) is 3.80. The Morgan fingerprint density at radius 2 is 2.04 bits per heavy atom. The quantitative estimate of drug-likeness (QED) is 0.200. The van der Waals surface area contributed by atoms with Crippen molar-refractivity contribution in [3.63, 3.8) is 0 Å². The number of nitrogens with zero attached hydrogens (tertiary/aromatic N) is 8. The molecular formula is C28H28Cl2N10O5. The van der Waals surface area contributed by atoms with Crippen molar-refractivity contribution < 1.29 is 24.1 Å². The van der Waals surface area contributed by atoms with Crippen LogP contribution in [0.4, 0.5) is 10.6 Å². The van der Waals surface area contributed by atoms with Gasteiger partial charge in [-0.3, -0.25) is 5.32 Å². The van der Waals surface area contributed by atoms with Crippen LogP contribution in [0.15, 0.2) is 53.9 Å². The lowest BCUT2D eigenvalue weighted by Crippen LogP contribution is -2.39. The van der Waals surface area contributed by atoms with Crippen molar-refractivity contribution in [2.45, 2.75) is 25.1 Å². The number of hydrogen-bond donors (Lipinski definition) is 3. The van der Waals surface area contributed by atoms with Gasteiger partial charge in [-0.1, -0.05) is 23.2 Å². The van der Waals surface area contributed by atoms with Gasteiger partial charge in [0, 0.05) is 35.9 Å². The number of benzene rings is 1. The van der Waals surface area contributed by atoms with Crippen LogP contribution in [-0.2, 0) is 14.2 Å². The van der Waals surface area contributed by atoms with Crippen molar-refractivity contribution in [3.05, 3.63) is 70.5 Å². The molecule has 0 bridgehead atoms. The molecule has 3 aromatic heterocycles. The second-order valence-corrected chi connectivity index (χ2v) is 10.8. The Balaban J connectivity index is 1.13. The largest absolute Gasteiger partial charge is 0.447 e. The van der Waals surface area contributed by atoms with E-state index < -0.39 is 12.3 Å². The molecule has 15 nitrogen and oxygen atoms in total. The zero-order chi connectivity index (χ0) is 31.3. The number of tetrazole rings is 1. The number of nitrogens with one attached hydrogen (secondary N) is 2. The molecule has 1 amide bonds. The summed E-state index contributed by atoms with van der Waals surface area (Å²) in [6.45, 7) is 1.24. The van der Waals surface area contributed by atoms with Crippen LogP contribution in [0.2, 0.25) is 10.2 Å². The minimum atomic E-state index is -0.989. The van der Waals surface area contributed by atoms with Crippen molar-refractivity contribution in [3.8, 4) is 16.9 Å². The summed E-state index contributed by atoms with van der Waals surface area (Å²) in [6, 6.07) is 8.35. The molecule has 2 atom stereocenters. The average molecular weight is 656 g/mol. The highest BCUT2D eigenvalue weighted by molar-refractivity contribution is 6.32. The van der Waals surface area contributed by atoms with Crippen molar-refractivity contribution in [2.24, 2.45) is 4.99 Å². The number of halogens is 2. The molecule has 0 spiro atoms. The number of hydrogen-bond acceptors (Lipinski definition) is 12. The van der Waals surface area contributed by atoms with Gasteiger partial charge in [0.2, 0.25) is 0 Å². The predicted octanol–water partition coefficient (Wildman–Crippen LogP) is 3.87. The molecule has 1 saturated heterocycles. The number of aliphatic hydroxyl groups is 1. The Hall–Kier alpha value is -4.41. The monoisotopic (exact) mass is 654 g/mol. The number of rotatable bonds is 11. The Morgan fingerprint density at radius 3 is 2.82 bits per heavy atom. The number of aromatic nitrogens is 7. The fourth-order valence-corrected chi connectivity index (χ4v) is 5.49. The second-order valence-electron chi connectivity index (χ2n) is 9.95. The first-order chi connectivity index (χ1) is 21.9. The van der Waals surface area contributed by atoms with E-state index in [0.29, 0.717) is 81.9 Å². The van der Waals surface area contributed by atoms with Crippen LogP contribution >= 0.6 is 23.2 Å². The highest BCUT2D eigenvalue weighted by Gasteiger charge is 2.39. The van der Waals surface area contributed by atoms with E-state index in [0.717, 1.165) is 0 Å². The van der Waals surface area contributed by atoms with E-state index in [1.165, 1.54) is 11.0 Å². The molecule has 2 aliphatic rings. The first-order valence-electron chi connectivity index (χ1n) is 13.9. The van der Waals surface area contributed by atoms with Gasteiger partial charge < -0.3 is 29.2 Å². The second kappa shape index (κ2) is 13.7. The summed E-state index contributed by atoms with van der Waals surface area (Å²) >= 11 is 12.9. The van der Waals surface area contributed by atoms with Crippen LogP contribution < -0.4 is 5.32 Å². The fourth-order valence-electron chi connectivity index (χ4n) is 5.07. The Labute approximate surface area is 266 Å². The summed E-state index contributed by atoms with van der Waals surface area (Å²) in [4.78, 5) is 30.9. The van der Waals surface area contributed by atoms with Crippen molar-refractivity contribution in [1.82, 2.24) is 40.1 Å². The summed E-state index contributed by atoms with van der Waals surface area (Å²) in [6.07, 6.45) is 4.30. The van der Waals surface area contributed by atoms with Gasteiger partial charge in [0.25, 0.3) is 0 Å². The molecule has 3 N–H and O–H groups in total. The van der Waals surface area contributed by atoms with Crippen molar-refractivity contribution in [1.29, 1.82) is 0 Å². The minimum Gasteiger partial charge on any atom is -0.447 e. The molecule has 5 heterocycles. The third kappa shape index (κ3) is 6.82. The van der Waals surface area contributed by atoms with E-state index >= 15 is 0 Å². The first-order valence-corrected chi connectivity index (χ1v) is 14.7. The lowest BCUT2D eigenvalue weighted by molar-refractivity contribution is 0.0447. The highest BCUT2D eigenvalue weighted by Crippen LogP contribution is 2.40. The lowest BCUT2D eigenvalue weighted by atomic mass is 10.1. The van der Waals surface area contributed by atoms with Gasteiger partial charge in [-0.15, -0.1) is 5.10 Å². The maximum atomic E-state index is 12.0. The number of methoxy groups -OCH3 is 1. The molecule has 234 valence electrons. The predicted molar refractivity (Wildman–Crippen MR) is 164 cm³/mol. The molecule has 4 aromatic rings. The van der Waals surface area contributed by atoms with Gasteiger partial charge in [-0.2, -0.15) is 4.68 Å². The molecule has 6 rings (SSSR count). The topological polar surface area (TPSA) is 178 Å². The molecule has 45 heavy (non-hydrogen) atoms. The van der Waals surface area contributed by atoms with Gasteiger partial charge in [0.1, 0.15) is 47.5 Å². The number of H-pyrrole nitrogens is 1. The number of ether oxygens (including phenoxy) is 3. The van der Waals surface area contributed by atoms with E-state index in [-0.39, 0.29) is 19.3 Å². The maximum absolute atomic E-state index is 12.0. The van der Waals surface area contributed by atoms with Crippen LogP contribution in [-0.4, -0.2) is 96.9 Å². The number of imidazole rings is 1. The number of aliphatic imine (C=N–C) groups is 1. The summed E-state index contributed by atoms with van der Waals surface area (Å²) < 4.78 is 16.7. The molecule has 1 aromatic carbocycles. The van der Waals surface area contributed by atoms with E-state index in [4.69, 9.17) is 47.4 Å². The SMILES string of the molecule is COCCOCCOC(=O)Nc1ccc(-c2nc([C@@H]3CCC4=NC(c5cc(Cl)ccc5-n5cnnn5)=CC(O)N43)[nH]c2Cl)cn1. The minimum absolute atomic E-state index is 0.0953. The first kappa shape index (κ1) is 30.6. The maximum Gasteiger partial charge on any atom is 0.412 e. The van der Waals surface area contributed by atoms with E-state index in [2.05, 4.69) is 30.8 Å². The van der Waals surface area contributed by atoms with Gasteiger partial charge in [-0.25, -0.2) is 19.8 Å². The number of amides is 1. The van der Waals surface area contributed by atoms with Gasteiger partial charge in [0.05, 0.1) is 37.2 Å². The molecular weight excluding hydrogens is 627 g/mol. The van der Waals surface area contributed by atoms with Crippen LogP contribution in [0.25, 0.3) is 22.6 Å². The van der Waals surface area contributed by atoms with Gasteiger partial charge in [0.15, 0.2) is 0 Å². The summed E-state index contributed by atoms with van der Waals surface area (Å²) in [5, 5.41) is 26.1. The lowest BCUT2D eigenvalue weighted by Gasteiger charge is -2.32. The molecule has 2 aliphatic heterocycles. The van der Waals surface area contributed by atoms with Crippen molar-refractivity contribution >= 4 is 46.6 Å². The Kier molecular flexibility index (Phi) is 9.32. The summed E-state index contributed by atoms with van der Waals surface area (Å²) in [5.41, 5.74) is 3.03. The molecule has 1 unspecified atom stereocenters. The molecule has 0 radical (unpaired) electrons. The third-order valence-corrected chi connectivity index (χ3v) is 7.61.